The highest BCUT2D eigenvalue weighted by atomic mass is 32.2. The van der Waals surface area contributed by atoms with E-state index in [2.05, 4.69) is 31.9 Å². The van der Waals surface area contributed by atoms with Gasteiger partial charge in [-0.3, -0.25) is 0 Å². The van der Waals surface area contributed by atoms with Crippen molar-refractivity contribution in [3.8, 4) is 5.75 Å². The van der Waals surface area contributed by atoms with Crippen molar-refractivity contribution in [3.05, 3.63) is 36.3 Å². The van der Waals surface area contributed by atoms with Gasteiger partial charge in [0.2, 0.25) is 0 Å². The van der Waals surface area contributed by atoms with Crippen molar-refractivity contribution in [2.45, 2.75) is 17.7 Å². The van der Waals surface area contributed by atoms with Crippen molar-refractivity contribution >= 4 is 23.3 Å². The molecule has 0 aliphatic carbocycles. The van der Waals surface area contributed by atoms with Crippen LogP contribution in [0.15, 0.2) is 35.5 Å². The third kappa shape index (κ3) is 2.90. The molecule has 1 aromatic carbocycles. The molecule has 0 amide bonds. The maximum atomic E-state index is 5.51. The number of rotatable bonds is 3. The van der Waals surface area contributed by atoms with Crippen LogP contribution in [0.5, 0.6) is 5.75 Å². The maximum Gasteiger partial charge on any atom is 0.146 e. The molecule has 126 valence electrons. The van der Waals surface area contributed by atoms with Gasteiger partial charge in [0.05, 0.1) is 23.4 Å². The molecule has 0 unspecified atom stereocenters. The van der Waals surface area contributed by atoms with Crippen LogP contribution < -0.4 is 14.5 Å². The highest BCUT2D eigenvalue weighted by Gasteiger charge is 2.24. The van der Waals surface area contributed by atoms with Crippen molar-refractivity contribution in [3.63, 3.8) is 0 Å². The van der Waals surface area contributed by atoms with E-state index in [1.807, 2.05) is 23.9 Å². The number of nitrogens with zero attached hydrogens (tertiary/aromatic N) is 4. The Hall–Kier alpha value is -1.95. The summed E-state index contributed by atoms with van der Waals surface area (Å²) in [5, 5.41) is 0. The minimum Gasteiger partial charge on any atom is -0.495 e. The second kappa shape index (κ2) is 6.89. The summed E-state index contributed by atoms with van der Waals surface area (Å²) in [6.07, 6.45) is 4.03. The third-order valence-corrected chi connectivity index (χ3v) is 5.87. The van der Waals surface area contributed by atoms with Gasteiger partial charge >= 0.3 is 0 Å². The minimum absolute atomic E-state index is 0.945. The molecule has 1 aromatic heterocycles. The van der Waals surface area contributed by atoms with Gasteiger partial charge in [-0.1, -0.05) is 12.1 Å². The first-order valence-electron chi connectivity index (χ1n) is 8.46. The topological polar surface area (TPSA) is 41.5 Å². The van der Waals surface area contributed by atoms with Crippen LogP contribution in [0, 0.1) is 0 Å². The van der Waals surface area contributed by atoms with Gasteiger partial charge in [-0.15, -0.1) is 11.8 Å². The average molecular weight is 342 g/mol. The highest BCUT2D eigenvalue weighted by Crippen LogP contribution is 2.36. The summed E-state index contributed by atoms with van der Waals surface area (Å²) in [5.41, 5.74) is 2.40. The number of aromatic nitrogens is 2. The second-order valence-corrected chi connectivity index (χ2v) is 7.18. The van der Waals surface area contributed by atoms with Crippen LogP contribution in [0.1, 0.15) is 12.1 Å². The van der Waals surface area contributed by atoms with Crippen molar-refractivity contribution in [1.29, 1.82) is 0 Å². The van der Waals surface area contributed by atoms with Crippen molar-refractivity contribution in [2.24, 2.45) is 0 Å². The summed E-state index contributed by atoms with van der Waals surface area (Å²) in [5.74, 6) is 3.25. The molecule has 2 aromatic rings. The molecule has 3 heterocycles. The molecule has 0 bridgehead atoms. The standard InChI is InChI=1S/C18H22N4OS/c1-23-16-7-3-2-6-15(16)21-8-10-22(11-9-21)18-17-14(19-13-20-18)5-4-12-24-17/h2-3,6-7,13H,4-5,8-12H2,1H3. The molecule has 0 N–H and O–H groups in total. The van der Waals surface area contributed by atoms with Gasteiger partial charge in [0.1, 0.15) is 17.9 Å². The first-order valence-corrected chi connectivity index (χ1v) is 9.45. The number of benzene rings is 1. The molecular formula is C18H22N4OS. The van der Waals surface area contributed by atoms with E-state index in [1.54, 1.807) is 13.4 Å². The van der Waals surface area contributed by atoms with E-state index in [-0.39, 0.29) is 0 Å². The van der Waals surface area contributed by atoms with Gasteiger partial charge in [-0.25, -0.2) is 9.97 Å². The van der Waals surface area contributed by atoms with Crippen LogP contribution in [0.3, 0.4) is 0 Å². The Morgan fingerprint density at radius 2 is 1.83 bits per heavy atom. The zero-order chi connectivity index (χ0) is 16.4. The Morgan fingerprint density at radius 3 is 2.67 bits per heavy atom. The number of para-hydroxylation sites is 2. The predicted octanol–water partition coefficient (Wildman–Crippen LogP) is 2.85. The number of thioether (sulfide) groups is 1. The number of piperazine rings is 1. The number of ether oxygens (including phenoxy) is 1. The lowest BCUT2D eigenvalue weighted by atomic mass is 10.2. The molecule has 2 aliphatic rings. The summed E-state index contributed by atoms with van der Waals surface area (Å²) >= 11 is 1.91. The van der Waals surface area contributed by atoms with E-state index in [0.29, 0.717) is 0 Å². The summed E-state index contributed by atoms with van der Waals surface area (Å²) in [6.45, 7) is 3.90. The SMILES string of the molecule is COc1ccccc1N1CCN(c2ncnc3c2SCCC3)CC1. The summed E-state index contributed by atoms with van der Waals surface area (Å²) < 4.78 is 5.51. The number of hydrogen-bond acceptors (Lipinski definition) is 6. The lowest BCUT2D eigenvalue weighted by Crippen LogP contribution is -2.47. The quantitative estimate of drug-likeness (QED) is 0.854. The summed E-state index contributed by atoms with van der Waals surface area (Å²) in [7, 11) is 1.74. The van der Waals surface area contributed by atoms with Gasteiger partial charge in [-0.2, -0.15) is 0 Å². The van der Waals surface area contributed by atoms with Gasteiger partial charge in [0.25, 0.3) is 0 Å². The summed E-state index contributed by atoms with van der Waals surface area (Å²) in [4.78, 5) is 15.2. The molecule has 4 rings (SSSR count). The van der Waals surface area contributed by atoms with Crippen molar-refractivity contribution < 1.29 is 4.74 Å². The van der Waals surface area contributed by atoms with E-state index in [9.17, 15) is 0 Å². The van der Waals surface area contributed by atoms with E-state index in [0.717, 1.165) is 44.2 Å². The molecule has 2 aliphatic heterocycles. The van der Waals surface area contributed by atoms with Crippen LogP contribution in [0.2, 0.25) is 0 Å². The first kappa shape index (κ1) is 15.6. The maximum absolute atomic E-state index is 5.51. The molecule has 0 spiro atoms. The van der Waals surface area contributed by atoms with Crippen LogP contribution >= 0.6 is 11.8 Å². The Kier molecular flexibility index (Phi) is 4.47. The third-order valence-electron chi connectivity index (χ3n) is 4.67. The van der Waals surface area contributed by atoms with E-state index in [1.165, 1.54) is 28.5 Å². The molecule has 5 nitrogen and oxygen atoms in total. The Balaban J connectivity index is 1.51. The number of anilines is 2. The fourth-order valence-electron chi connectivity index (χ4n) is 3.41. The van der Waals surface area contributed by atoms with Crippen LogP contribution in [0.4, 0.5) is 11.5 Å². The van der Waals surface area contributed by atoms with E-state index < -0.39 is 0 Å². The Bertz CT molecular complexity index is 716. The number of hydrogen-bond donors (Lipinski definition) is 0. The number of fused-ring (bicyclic) bond motifs is 1. The monoisotopic (exact) mass is 342 g/mol. The lowest BCUT2D eigenvalue weighted by molar-refractivity contribution is 0.413. The fourth-order valence-corrected chi connectivity index (χ4v) is 4.54. The first-order chi connectivity index (χ1) is 11.9. The van der Waals surface area contributed by atoms with Crippen LogP contribution in [-0.2, 0) is 6.42 Å². The van der Waals surface area contributed by atoms with Gasteiger partial charge in [-0.05, 0) is 30.7 Å². The Labute approximate surface area is 147 Å². The zero-order valence-electron chi connectivity index (χ0n) is 13.9. The molecule has 24 heavy (non-hydrogen) atoms. The average Bonchev–Trinajstić information content (AvgIpc) is 2.67. The molecule has 6 heteroatoms. The number of methoxy groups -OCH3 is 1. The highest BCUT2D eigenvalue weighted by molar-refractivity contribution is 7.99. The molecule has 0 radical (unpaired) electrons. The van der Waals surface area contributed by atoms with Crippen molar-refractivity contribution in [1.82, 2.24) is 9.97 Å². The smallest absolute Gasteiger partial charge is 0.146 e. The second-order valence-electron chi connectivity index (χ2n) is 6.07. The largest absolute Gasteiger partial charge is 0.495 e. The normalized spacial score (nSPS) is 17.5. The fraction of sp³-hybridized carbons (Fsp3) is 0.444. The predicted molar refractivity (Wildman–Crippen MR) is 98.5 cm³/mol. The molecule has 1 saturated heterocycles. The molecule has 0 atom stereocenters. The van der Waals surface area contributed by atoms with E-state index >= 15 is 0 Å². The summed E-state index contributed by atoms with van der Waals surface area (Å²) in [6, 6.07) is 8.25. The van der Waals surface area contributed by atoms with Gasteiger partial charge in [0, 0.05) is 26.2 Å². The van der Waals surface area contributed by atoms with Gasteiger partial charge in [0.15, 0.2) is 0 Å². The molecular weight excluding hydrogens is 320 g/mol. The molecule has 1 fully saturated rings. The zero-order valence-corrected chi connectivity index (χ0v) is 14.8. The Morgan fingerprint density at radius 1 is 1.04 bits per heavy atom. The number of aryl methyl sites for hydroxylation is 1. The lowest BCUT2D eigenvalue weighted by Gasteiger charge is -2.38. The molecule has 0 saturated carbocycles. The van der Waals surface area contributed by atoms with E-state index in [4.69, 9.17) is 4.74 Å². The minimum atomic E-state index is 0.945. The van der Waals surface area contributed by atoms with Gasteiger partial charge < -0.3 is 14.5 Å². The van der Waals surface area contributed by atoms with Crippen LogP contribution in [0.25, 0.3) is 0 Å². The van der Waals surface area contributed by atoms with Crippen LogP contribution in [-0.4, -0.2) is 49.0 Å². The van der Waals surface area contributed by atoms with Crippen molar-refractivity contribution in [2.75, 3.05) is 48.8 Å².